The molecule has 1 aliphatic rings. The summed E-state index contributed by atoms with van der Waals surface area (Å²) in [5, 5.41) is 25.3. The lowest BCUT2D eigenvalue weighted by Gasteiger charge is -2.19. The molecular formula is C20H21N3O2S. The molecule has 0 fully saturated rings. The van der Waals surface area contributed by atoms with Crippen LogP contribution in [0.1, 0.15) is 59.1 Å². The van der Waals surface area contributed by atoms with Crippen LogP contribution in [0.2, 0.25) is 0 Å². The maximum absolute atomic E-state index is 12.6. The predicted octanol–water partition coefficient (Wildman–Crippen LogP) is 4.49. The number of nitriles is 1. The Bertz CT molecular complexity index is 912. The predicted molar refractivity (Wildman–Crippen MR) is 103 cm³/mol. The van der Waals surface area contributed by atoms with Crippen molar-refractivity contribution in [2.24, 2.45) is 5.16 Å². The molecule has 5 nitrogen and oxygen atoms in total. The largest absolute Gasteiger partial charge is 0.411 e. The van der Waals surface area contributed by atoms with Gasteiger partial charge in [-0.15, -0.1) is 11.3 Å². The van der Waals surface area contributed by atoms with Crippen LogP contribution in [0.5, 0.6) is 0 Å². The molecule has 0 unspecified atom stereocenters. The van der Waals surface area contributed by atoms with Crippen molar-refractivity contribution in [1.82, 2.24) is 0 Å². The third kappa shape index (κ3) is 3.49. The van der Waals surface area contributed by atoms with Crippen molar-refractivity contribution in [3.8, 4) is 6.07 Å². The summed E-state index contributed by atoms with van der Waals surface area (Å²) < 4.78 is 0. The highest BCUT2D eigenvalue weighted by Gasteiger charge is 2.25. The summed E-state index contributed by atoms with van der Waals surface area (Å²) in [5.41, 5.74) is 3.95. The van der Waals surface area contributed by atoms with Gasteiger partial charge in [0.05, 0.1) is 11.3 Å². The molecule has 0 spiro atoms. The lowest BCUT2D eigenvalue weighted by Crippen LogP contribution is -2.14. The average molecular weight is 367 g/mol. The van der Waals surface area contributed by atoms with Gasteiger partial charge in [-0.1, -0.05) is 38.1 Å². The summed E-state index contributed by atoms with van der Waals surface area (Å²) >= 11 is 1.39. The van der Waals surface area contributed by atoms with Crippen molar-refractivity contribution >= 4 is 28.0 Å². The molecule has 1 aliphatic carbocycles. The van der Waals surface area contributed by atoms with Crippen molar-refractivity contribution in [3.05, 3.63) is 51.4 Å². The fourth-order valence-electron chi connectivity index (χ4n) is 3.05. The summed E-state index contributed by atoms with van der Waals surface area (Å²) in [6, 6.07) is 9.76. The van der Waals surface area contributed by atoms with Gasteiger partial charge in [0, 0.05) is 16.9 Å². The molecule has 2 N–H and O–H groups in total. The van der Waals surface area contributed by atoms with Crippen LogP contribution >= 0.6 is 11.3 Å². The lowest BCUT2D eigenvalue weighted by atomic mass is 9.87. The number of carbonyl (C=O) groups is 1. The number of benzene rings is 1. The van der Waals surface area contributed by atoms with E-state index in [-0.39, 0.29) is 11.3 Å². The topological polar surface area (TPSA) is 85.5 Å². The van der Waals surface area contributed by atoms with Crippen LogP contribution in [-0.4, -0.2) is 16.8 Å². The highest BCUT2D eigenvalue weighted by atomic mass is 32.1. The molecule has 6 heteroatoms. The van der Waals surface area contributed by atoms with Gasteiger partial charge in [0.25, 0.3) is 5.91 Å². The van der Waals surface area contributed by atoms with Gasteiger partial charge in [-0.25, -0.2) is 0 Å². The Balaban J connectivity index is 1.84. The van der Waals surface area contributed by atoms with E-state index in [1.807, 2.05) is 24.3 Å². The first-order valence-corrected chi connectivity index (χ1v) is 9.31. The zero-order valence-corrected chi connectivity index (χ0v) is 15.9. The quantitative estimate of drug-likeness (QED) is 0.606. The minimum atomic E-state index is -0.225. The van der Waals surface area contributed by atoms with E-state index in [0.29, 0.717) is 41.1 Å². The molecule has 0 aliphatic heterocycles. The molecule has 0 saturated heterocycles. The van der Waals surface area contributed by atoms with E-state index in [1.54, 1.807) is 0 Å². The standard InChI is InChI=1S/C20H21N3O2S/c1-20(2,3)13-6-4-12(5-7-13)18(24)22-19-16(11-21)15-9-8-14(23-25)10-17(15)26-19/h4-7,25H,8-10H2,1-3H3,(H,22,24)/b23-14+. The van der Waals surface area contributed by atoms with E-state index in [9.17, 15) is 10.1 Å². The Morgan fingerprint density at radius 2 is 1.96 bits per heavy atom. The number of hydrogen-bond acceptors (Lipinski definition) is 5. The molecule has 0 atom stereocenters. The molecule has 1 aromatic carbocycles. The van der Waals surface area contributed by atoms with E-state index < -0.39 is 0 Å². The van der Waals surface area contributed by atoms with Crippen molar-refractivity contribution in [2.45, 2.75) is 45.4 Å². The zero-order valence-electron chi connectivity index (χ0n) is 15.1. The normalized spacial score (nSPS) is 15.4. The molecule has 0 bridgehead atoms. The van der Waals surface area contributed by atoms with E-state index in [0.717, 1.165) is 16.0 Å². The average Bonchev–Trinajstić information content (AvgIpc) is 2.96. The van der Waals surface area contributed by atoms with Crippen molar-refractivity contribution in [2.75, 3.05) is 5.32 Å². The molecule has 3 rings (SSSR count). The van der Waals surface area contributed by atoms with Crippen LogP contribution in [0.3, 0.4) is 0 Å². The Kier molecular flexibility index (Phi) is 4.84. The number of nitrogens with one attached hydrogen (secondary N) is 1. The van der Waals surface area contributed by atoms with Crippen LogP contribution in [0, 0.1) is 11.3 Å². The fourth-order valence-corrected chi connectivity index (χ4v) is 4.28. The van der Waals surface area contributed by atoms with Gasteiger partial charge in [-0.05, 0) is 41.5 Å². The summed E-state index contributed by atoms with van der Waals surface area (Å²) in [6.07, 6.45) is 1.82. The Morgan fingerprint density at radius 1 is 1.27 bits per heavy atom. The molecule has 0 saturated carbocycles. The van der Waals surface area contributed by atoms with Crippen molar-refractivity contribution in [1.29, 1.82) is 5.26 Å². The smallest absolute Gasteiger partial charge is 0.256 e. The first-order chi connectivity index (χ1) is 12.3. The van der Waals surface area contributed by atoms with Crippen LogP contribution < -0.4 is 5.32 Å². The first-order valence-electron chi connectivity index (χ1n) is 8.50. The van der Waals surface area contributed by atoms with Crippen molar-refractivity contribution < 1.29 is 10.0 Å². The number of hydrogen-bond donors (Lipinski definition) is 2. The highest BCUT2D eigenvalue weighted by molar-refractivity contribution is 7.16. The monoisotopic (exact) mass is 367 g/mol. The lowest BCUT2D eigenvalue weighted by molar-refractivity contribution is 0.102. The van der Waals surface area contributed by atoms with Crippen LogP contribution in [0.15, 0.2) is 29.4 Å². The minimum absolute atomic E-state index is 0.0295. The second kappa shape index (κ2) is 6.93. The number of thiophene rings is 1. The van der Waals surface area contributed by atoms with E-state index in [4.69, 9.17) is 5.21 Å². The molecular weight excluding hydrogens is 346 g/mol. The summed E-state index contributed by atoms with van der Waals surface area (Å²) in [7, 11) is 0. The molecule has 1 heterocycles. The number of carbonyl (C=O) groups excluding carboxylic acids is 1. The van der Waals surface area contributed by atoms with Crippen LogP contribution in [0.4, 0.5) is 5.00 Å². The third-order valence-corrected chi connectivity index (χ3v) is 5.76. The SMILES string of the molecule is CC(C)(C)c1ccc(C(=O)Nc2sc3c(c2C#N)CC/C(=N\O)C3)cc1. The second-order valence-corrected chi connectivity index (χ2v) is 8.55. The molecule has 0 radical (unpaired) electrons. The molecule has 1 amide bonds. The summed E-state index contributed by atoms with van der Waals surface area (Å²) in [5.74, 6) is -0.225. The number of oxime groups is 1. The second-order valence-electron chi connectivity index (χ2n) is 7.44. The number of amides is 1. The third-order valence-electron chi connectivity index (χ3n) is 4.61. The molecule has 26 heavy (non-hydrogen) atoms. The zero-order chi connectivity index (χ0) is 18.9. The molecule has 134 valence electrons. The van der Waals surface area contributed by atoms with Gasteiger partial charge in [-0.2, -0.15) is 5.26 Å². The molecule has 1 aromatic heterocycles. The van der Waals surface area contributed by atoms with Crippen LogP contribution in [0.25, 0.3) is 0 Å². The van der Waals surface area contributed by atoms with Crippen LogP contribution in [-0.2, 0) is 18.3 Å². The van der Waals surface area contributed by atoms with Crippen molar-refractivity contribution in [3.63, 3.8) is 0 Å². The van der Waals surface area contributed by atoms with Gasteiger partial charge >= 0.3 is 0 Å². The summed E-state index contributed by atoms with van der Waals surface area (Å²) in [6.45, 7) is 6.38. The Labute approximate surface area is 157 Å². The van der Waals surface area contributed by atoms with Gasteiger partial charge in [-0.3, -0.25) is 4.79 Å². The molecule has 2 aromatic rings. The van der Waals surface area contributed by atoms with E-state index in [1.165, 1.54) is 11.3 Å². The highest BCUT2D eigenvalue weighted by Crippen LogP contribution is 2.37. The Morgan fingerprint density at radius 3 is 2.54 bits per heavy atom. The number of rotatable bonds is 2. The number of nitrogens with zero attached hydrogens (tertiary/aromatic N) is 2. The fraction of sp³-hybridized carbons (Fsp3) is 0.350. The maximum atomic E-state index is 12.6. The first kappa shape index (κ1) is 18.2. The maximum Gasteiger partial charge on any atom is 0.256 e. The van der Waals surface area contributed by atoms with Gasteiger partial charge in [0.15, 0.2) is 0 Å². The van der Waals surface area contributed by atoms with Gasteiger partial charge < -0.3 is 10.5 Å². The number of anilines is 1. The minimum Gasteiger partial charge on any atom is -0.411 e. The van der Waals surface area contributed by atoms with E-state index in [2.05, 4.69) is 37.3 Å². The Hall–Kier alpha value is -2.65. The van der Waals surface area contributed by atoms with Gasteiger partial charge in [0.2, 0.25) is 0 Å². The van der Waals surface area contributed by atoms with E-state index >= 15 is 0 Å². The number of fused-ring (bicyclic) bond motifs is 1. The summed E-state index contributed by atoms with van der Waals surface area (Å²) in [4.78, 5) is 13.6. The van der Waals surface area contributed by atoms with Gasteiger partial charge in [0.1, 0.15) is 11.1 Å².